The van der Waals surface area contributed by atoms with E-state index in [-0.39, 0.29) is 12.5 Å². The molecule has 7 heteroatoms. The Hall–Kier alpha value is -3.94. The van der Waals surface area contributed by atoms with Crippen LogP contribution in [-0.4, -0.2) is 28.6 Å². The predicted molar refractivity (Wildman–Crippen MR) is 128 cm³/mol. The number of para-hydroxylation sites is 3. The minimum atomic E-state index is -1.82. The van der Waals surface area contributed by atoms with E-state index in [4.69, 9.17) is 9.84 Å². The molecule has 2 aliphatic rings. The van der Waals surface area contributed by atoms with Crippen molar-refractivity contribution in [2.24, 2.45) is 5.92 Å². The zero-order valence-corrected chi connectivity index (χ0v) is 18.6. The highest BCUT2D eigenvalue weighted by Gasteiger charge is 2.49. The van der Waals surface area contributed by atoms with E-state index in [9.17, 15) is 14.7 Å². The maximum absolute atomic E-state index is 13.7. The molecule has 0 radical (unpaired) electrons. The number of carbonyl (C=O) groups excluding carboxylic acids is 2. The van der Waals surface area contributed by atoms with Crippen molar-refractivity contribution in [1.29, 1.82) is 0 Å². The minimum Gasteiger partial charge on any atom is -0.454 e. The maximum Gasteiger partial charge on any atom is 0.266 e. The first kappa shape index (κ1) is 21.9. The van der Waals surface area contributed by atoms with Gasteiger partial charge < -0.3 is 20.3 Å². The van der Waals surface area contributed by atoms with Crippen molar-refractivity contribution in [2.45, 2.75) is 18.9 Å². The molecule has 34 heavy (non-hydrogen) atoms. The van der Waals surface area contributed by atoms with Gasteiger partial charge in [0.05, 0.1) is 11.3 Å². The highest BCUT2D eigenvalue weighted by molar-refractivity contribution is 6.14. The van der Waals surface area contributed by atoms with Crippen molar-refractivity contribution in [3.8, 4) is 11.5 Å². The number of benzene rings is 3. The molecule has 0 saturated carbocycles. The highest BCUT2D eigenvalue weighted by atomic mass is 16.5. The standard InChI is InChI=1S/C27H24N2O5/c1-17(8-6-7-15-30)27(33)20-16-18(13-14-21(20)28-26(27)32)29-22-10-3-5-12-24(22)34-23-11-4-2-9-19(23)25(29)31/h2-6,8-14,16-17,30,33H,7,15H2,1H3,(H,28,32)/b8-6+/t17-,27+/m1/s1. The largest absolute Gasteiger partial charge is 0.454 e. The van der Waals surface area contributed by atoms with Gasteiger partial charge in [0.25, 0.3) is 11.8 Å². The number of aliphatic hydroxyl groups excluding tert-OH is 1. The number of rotatable bonds is 5. The van der Waals surface area contributed by atoms with Crippen LogP contribution < -0.4 is 15.0 Å². The van der Waals surface area contributed by atoms with Crippen LogP contribution in [-0.2, 0) is 10.4 Å². The van der Waals surface area contributed by atoms with E-state index in [0.717, 1.165) is 0 Å². The van der Waals surface area contributed by atoms with E-state index in [0.29, 0.717) is 46.1 Å². The lowest BCUT2D eigenvalue weighted by Crippen LogP contribution is -2.39. The Kier molecular flexibility index (Phi) is 5.43. The molecule has 3 aromatic rings. The summed E-state index contributed by atoms with van der Waals surface area (Å²) in [5.74, 6) is -0.397. The third-order valence-corrected chi connectivity index (χ3v) is 6.29. The first-order valence-electron chi connectivity index (χ1n) is 11.1. The molecule has 3 N–H and O–H groups in total. The second-order valence-corrected chi connectivity index (χ2v) is 8.39. The van der Waals surface area contributed by atoms with Gasteiger partial charge in [-0.15, -0.1) is 0 Å². The van der Waals surface area contributed by atoms with Crippen LogP contribution in [0.3, 0.4) is 0 Å². The third kappa shape index (κ3) is 3.37. The lowest BCUT2D eigenvalue weighted by atomic mass is 9.82. The molecular formula is C27H24N2O5. The summed E-state index contributed by atoms with van der Waals surface area (Å²) in [5.41, 5.74) is 0.521. The van der Waals surface area contributed by atoms with Crippen molar-refractivity contribution in [2.75, 3.05) is 16.8 Å². The van der Waals surface area contributed by atoms with E-state index in [1.165, 1.54) is 4.90 Å². The Balaban J connectivity index is 1.64. The number of anilines is 3. The summed E-state index contributed by atoms with van der Waals surface area (Å²) in [6.07, 6.45) is 3.88. The van der Waals surface area contributed by atoms with Crippen LogP contribution in [0.5, 0.6) is 11.5 Å². The molecule has 2 amide bonds. The number of nitrogens with one attached hydrogen (secondary N) is 1. The summed E-state index contributed by atoms with van der Waals surface area (Å²) in [6.45, 7) is 1.72. The normalized spacial score (nSPS) is 19.7. The molecule has 0 spiro atoms. The lowest BCUT2D eigenvalue weighted by Gasteiger charge is -2.28. The van der Waals surface area contributed by atoms with E-state index >= 15 is 0 Å². The summed E-state index contributed by atoms with van der Waals surface area (Å²) in [5, 5.41) is 23.3. The predicted octanol–water partition coefficient (Wildman–Crippen LogP) is 4.49. The molecule has 2 aliphatic heterocycles. The molecule has 0 unspecified atom stereocenters. The van der Waals surface area contributed by atoms with Gasteiger partial charge in [-0.3, -0.25) is 14.5 Å². The van der Waals surface area contributed by atoms with Crippen molar-refractivity contribution in [3.05, 3.63) is 90.0 Å². The van der Waals surface area contributed by atoms with Gasteiger partial charge in [0.15, 0.2) is 11.4 Å². The molecule has 2 atom stereocenters. The van der Waals surface area contributed by atoms with Crippen LogP contribution >= 0.6 is 0 Å². The van der Waals surface area contributed by atoms with Gasteiger partial charge in [-0.25, -0.2) is 0 Å². The quantitative estimate of drug-likeness (QED) is 0.492. The summed E-state index contributed by atoms with van der Waals surface area (Å²) < 4.78 is 6.06. The van der Waals surface area contributed by atoms with Crippen LogP contribution in [0.25, 0.3) is 0 Å². The van der Waals surface area contributed by atoms with E-state index < -0.39 is 17.4 Å². The Morgan fingerprint density at radius 2 is 1.79 bits per heavy atom. The Morgan fingerprint density at radius 3 is 2.59 bits per heavy atom. The number of aliphatic hydroxyl groups is 2. The number of fused-ring (bicyclic) bond motifs is 3. The second kappa shape index (κ2) is 8.44. The molecule has 0 saturated heterocycles. The minimum absolute atomic E-state index is 0.0192. The zero-order chi connectivity index (χ0) is 23.9. The monoisotopic (exact) mass is 456 g/mol. The number of carbonyl (C=O) groups is 2. The van der Waals surface area contributed by atoms with Crippen molar-refractivity contribution >= 4 is 28.9 Å². The average Bonchev–Trinajstić information content (AvgIpc) is 3.03. The van der Waals surface area contributed by atoms with Gasteiger partial charge in [0.1, 0.15) is 5.75 Å². The molecule has 0 aliphatic carbocycles. The number of hydrogen-bond donors (Lipinski definition) is 3. The summed E-state index contributed by atoms with van der Waals surface area (Å²) in [7, 11) is 0. The summed E-state index contributed by atoms with van der Waals surface area (Å²) in [6, 6.07) is 19.4. The Morgan fingerprint density at radius 1 is 1.06 bits per heavy atom. The van der Waals surface area contributed by atoms with Gasteiger partial charge in [-0.1, -0.05) is 43.3 Å². The van der Waals surface area contributed by atoms with Crippen LogP contribution in [0.2, 0.25) is 0 Å². The van der Waals surface area contributed by atoms with Gasteiger partial charge in [-0.05, 0) is 48.9 Å². The first-order valence-corrected chi connectivity index (χ1v) is 11.1. The summed E-state index contributed by atoms with van der Waals surface area (Å²) in [4.78, 5) is 28.1. The second-order valence-electron chi connectivity index (χ2n) is 8.39. The fourth-order valence-corrected chi connectivity index (χ4v) is 4.47. The molecule has 3 aromatic carbocycles. The molecule has 5 rings (SSSR count). The van der Waals surface area contributed by atoms with Crippen LogP contribution in [0.15, 0.2) is 78.9 Å². The smallest absolute Gasteiger partial charge is 0.266 e. The molecule has 172 valence electrons. The van der Waals surface area contributed by atoms with Gasteiger partial charge in [0.2, 0.25) is 0 Å². The first-order chi connectivity index (χ1) is 16.4. The molecule has 0 aromatic heterocycles. The number of ether oxygens (including phenoxy) is 1. The SMILES string of the molecule is C[C@H](/C=C/CCO)[C@@]1(O)C(=O)Nc2ccc(N3C(=O)c4ccccc4Oc4ccccc43)cc21. The fraction of sp³-hybridized carbons (Fsp3) is 0.185. The Labute approximate surface area is 196 Å². The lowest BCUT2D eigenvalue weighted by molar-refractivity contribution is -0.137. The molecular weight excluding hydrogens is 432 g/mol. The number of hydrogen-bond acceptors (Lipinski definition) is 5. The number of amides is 2. The van der Waals surface area contributed by atoms with Gasteiger partial charge in [0, 0.05) is 29.5 Å². The van der Waals surface area contributed by atoms with Gasteiger partial charge >= 0.3 is 0 Å². The fourth-order valence-electron chi connectivity index (χ4n) is 4.47. The topological polar surface area (TPSA) is 99.1 Å². The summed E-state index contributed by atoms with van der Waals surface area (Å²) >= 11 is 0. The van der Waals surface area contributed by atoms with Crippen molar-refractivity contribution in [1.82, 2.24) is 0 Å². The van der Waals surface area contributed by atoms with Crippen molar-refractivity contribution in [3.63, 3.8) is 0 Å². The van der Waals surface area contributed by atoms with Crippen LogP contribution in [0, 0.1) is 5.92 Å². The van der Waals surface area contributed by atoms with E-state index in [2.05, 4.69) is 5.32 Å². The zero-order valence-electron chi connectivity index (χ0n) is 18.6. The molecule has 2 heterocycles. The van der Waals surface area contributed by atoms with Crippen molar-refractivity contribution < 1.29 is 24.5 Å². The average molecular weight is 456 g/mol. The highest BCUT2D eigenvalue weighted by Crippen LogP contribution is 2.47. The van der Waals surface area contributed by atoms with Crippen LogP contribution in [0.1, 0.15) is 29.3 Å². The maximum atomic E-state index is 13.7. The third-order valence-electron chi connectivity index (χ3n) is 6.29. The van der Waals surface area contributed by atoms with E-state index in [1.54, 1.807) is 67.6 Å². The molecule has 0 fully saturated rings. The van der Waals surface area contributed by atoms with Gasteiger partial charge in [-0.2, -0.15) is 0 Å². The Bertz CT molecular complexity index is 1320. The number of nitrogens with zero attached hydrogens (tertiary/aromatic N) is 1. The molecule has 0 bridgehead atoms. The van der Waals surface area contributed by atoms with E-state index in [1.807, 2.05) is 18.2 Å². The van der Waals surface area contributed by atoms with Crippen LogP contribution in [0.4, 0.5) is 17.1 Å². The molecule has 7 nitrogen and oxygen atoms in total.